The largest absolute Gasteiger partial charge is 0.490 e. The standard InChI is InChI=1S/C14H12BrN3O3/c1-21-14-7-2-10(8-13(14)18(19)20)9-16-17-12-5-3-11(15)4-6-12/h2-9,17H,1H3/b16-9-. The van der Waals surface area contributed by atoms with Gasteiger partial charge in [-0.05, 0) is 36.4 Å². The molecule has 0 heterocycles. The van der Waals surface area contributed by atoms with Crippen LogP contribution < -0.4 is 10.2 Å². The zero-order chi connectivity index (χ0) is 15.2. The van der Waals surface area contributed by atoms with E-state index in [2.05, 4.69) is 26.5 Å². The fourth-order valence-electron chi connectivity index (χ4n) is 1.64. The molecule has 108 valence electrons. The number of methoxy groups -OCH3 is 1. The summed E-state index contributed by atoms with van der Waals surface area (Å²) in [6.07, 6.45) is 1.51. The van der Waals surface area contributed by atoms with E-state index in [4.69, 9.17) is 4.74 Å². The molecule has 6 nitrogen and oxygen atoms in total. The number of ether oxygens (including phenoxy) is 1. The van der Waals surface area contributed by atoms with Crippen molar-refractivity contribution in [2.24, 2.45) is 5.10 Å². The van der Waals surface area contributed by atoms with Crippen molar-refractivity contribution in [2.75, 3.05) is 12.5 Å². The summed E-state index contributed by atoms with van der Waals surface area (Å²) >= 11 is 3.34. The number of rotatable bonds is 5. The number of nitro benzene ring substituents is 1. The minimum absolute atomic E-state index is 0.0925. The molecule has 0 saturated carbocycles. The van der Waals surface area contributed by atoms with E-state index in [0.29, 0.717) is 5.56 Å². The van der Waals surface area contributed by atoms with E-state index in [0.717, 1.165) is 10.2 Å². The number of hydrogen-bond acceptors (Lipinski definition) is 5. The van der Waals surface area contributed by atoms with Crippen molar-refractivity contribution in [1.82, 2.24) is 0 Å². The van der Waals surface area contributed by atoms with E-state index in [1.54, 1.807) is 12.1 Å². The second kappa shape index (κ2) is 6.85. The molecule has 0 saturated heterocycles. The Bertz CT molecular complexity index is 672. The van der Waals surface area contributed by atoms with Gasteiger partial charge in [0.15, 0.2) is 5.75 Å². The number of hydrazone groups is 1. The minimum Gasteiger partial charge on any atom is -0.490 e. The molecule has 0 amide bonds. The molecular weight excluding hydrogens is 338 g/mol. The van der Waals surface area contributed by atoms with Crippen LogP contribution in [0.2, 0.25) is 0 Å². The number of nitrogens with one attached hydrogen (secondary N) is 1. The molecule has 0 aliphatic rings. The van der Waals surface area contributed by atoms with Gasteiger partial charge in [0.2, 0.25) is 0 Å². The van der Waals surface area contributed by atoms with Gasteiger partial charge in [0, 0.05) is 16.1 Å². The lowest BCUT2D eigenvalue weighted by atomic mass is 10.2. The van der Waals surface area contributed by atoms with Gasteiger partial charge in [-0.3, -0.25) is 15.5 Å². The predicted molar refractivity (Wildman–Crippen MR) is 85.0 cm³/mol. The van der Waals surface area contributed by atoms with E-state index in [1.165, 1.54) is 19.4 Å². The maximum absolute atomic E-state index is 10.9. The highest BCUT2D eigenvalue weighted by Gasteiger charge is 2.14. The van der Waals surface area contributed by atoms with Gasteiger partial charge in [-0.2, -0.15) is 5.10 Å². The third-order valence-electron chi connectivity index (χ3n) is 2.65. The highest BCUT2D eigenvalue weighted by atomic mass is 79.9. The zero-order valence-electron chi connectivity index (χ0n) is 11.1. The Labute approximate surface area is 129 Å². The molecule has 0 aliphatic heterocycles. The average molecular weight is 350 g/mol. The van der Waals surface area contributed by atoms with Gasteiger partial charge in [0.25, 0.3) is 0 Å². The van der Waals surface area contributed by atoms with Crippen LogP contribution in [0.15, 0.2) is 52.0 Å². The number of anilines is 1. The third-order valence-corrected chi connectivity index (χ3v) is 3.18. The second-order valence-corrected chi connectivity index (χ2v) is 4.98. The predicted octanol–water partition coefficient (Wildman–Crippen LogP) is 3.81. The lowest BCUT2D eigenvalue weighted by molar-refractivity contribution is -0.385. The number of nitro groups is 1. The Balaban J connectivity index is 2.12. The summed E-state index contributed by atoms with van der Waals surface area (Å²) in [4.78, 5) is 10.4. The van der Waals surface area contributed by atoms with Crippen molar-refractivity contribution in [3.05, 3.63) is 62.6 Å². The summed E-state index contributed by atoms with van der Waals surface area (Å²) in [5.74, 6) is 0.220. The first-order chi connectivity index (χ1) is 10.1. The van der Waals surface area contributed by atoms with Crippen LogP contribution in [0.5, 0.6) is 5.75 Å². The summed E-state index contributed by atoms with van der Waals surface area (Å²) in [5.41, 5.74) is 4.17. The Morgan fingerprint density at radius 3 is 2.62 bits per heavy atom. The van der Waals surface area contributed by atoms with Crippen molar-refractivity contribution in [3.8, 4) is 5.75 Å². The molecule has 1 N–H and O–H groups in total. The molecule has 0 spiro atoms. The van der Waals surface area contributed by atoms with Crippen LogP contribution in [0, 0.1) is 10.1 Å². The number of hydrogen-bond donors (Lipinski definition) is 1. The molecule has 21 heavy (non-hydrogen) atoms. The molecule has 0 radical (unpaired) electrons. The molecule has 2 aromatic carbocycles. The fourth-order valence-corrected chi connectivity index (χ4v) is 1.90. The molecule has 2 aromatic rings. The van der Waals surface area contributed by atoms with Gasteiger partial charge >= 0.3 is 5.69 Å². The van der Waals surface area contributed by atoms with Crippen LogP contribution in [0.1, 0.15) is 5.56 Å². The van der Waals surface area contributed by atoms with Crippen molar-refractivity contribution in [3.63, 3.8) is 0 Å². The average Bonchev–Trinajstić information content (AvgIpc) is 2.49. The Morgan fingerprint density at radius 1 is 1.29 bits per heavy atom. The summed E-state index contributed by atoms with van der Waals surface area (Å²) < 4.78 is 5.92. The lowest BCUT2D eigenvalue weighted by Crippen LogP contribution is -1.96. The summed E-state index contributed by atoms with van der Waals surface area (Å²) in [6, 6.07) is 12.1. The van der Waals surface area contributed by atoms with Crippen molar-refractivity contribution < 1.29 is 9.66 Å². The topological polar surface area (TPSA) is 76.8 Å². The fraction of sp³-hybridized carbons (Fsp3) is 0.0714. The third kappa shape index (κ3) is 4.03. The van der Waals surface area contributed by atoms with E-state index in [1.807, 2.05) is 24.3 Å². The van der Waals surface area contributed by atoms with E-state index in [-0.39, 0.29) is 11.4 Å². The molecule has 2 rings (SSSR count). The van der Waals surface area contributed by atoms with Crippen molar-refractivity contribution in [2.45, 2.75) is 0 Å². The van der Waals surface area contributed by atoms with Crippen LogP contribution in [0.4, 0.5) is 11.4 Å². The number of halogens is 1. The van der Waals surface area contributed by atoms with Crippen molar-refractivity contribution >= 4 is 33.5 Å². The molecule has 0 aliphatic carbocycles. The molecule has 7 heteroatoms. The maximum Gasteiger partial charge on any atom is 0.311 e. The summed E-state index contributed by atoms with van der Waals surface area (Å²) in [7, 11) is 1.39. The highest BCUT2D eigenvalue weighted by molar-refractivity contribution is 9.10. The summed E-state index contributed by atoms with van der Waals surface area (Å²) in [6.45, 7) is 0. The number of nitrogens with zero attached hydrogens (tertiary/aromatic N) is 2. The normalized spacial score (nSPS) is 10.6. The van der Waals surface area contributed by atoms with Gasteiger partial charge in [0.1, 0.15) is 0 Å². The summed E-state index contributed by atoms with van der Waals surface area (Å²) in [5, 5.41) is 15.0. The smallest absolute Gasteiger partial charge is 0.311 e. The second-order valence-electron chi connectivity index (χ2n) is 4.07. The maximum atomic E-state index is 10.9. The van der Waals surface area contributed by atoms with Crippen LogP contribution in [-0.2, 0) is 0 Å². The van der Waals surface area contributed by atoms with Crippen LogP contribution >= 0.6 is 15.9 Å². The molecule has 0 fully saturated rings. The molecule has 0 aromatic heterocycles. The quantitative estimate of drug-likeness (QED) is 0.505. The van der Waals surface area contributed by atoms with Gasteiger partial charge in [-0.1, -0.05) is 15.9 Å². The van der Waals surface area contributed by atoms with Gasteiger partial charge in [-0.15, -0.1) is 0 Å². The van der Waals surface area contributed by atoms with E-state index < -0.39 is 4.92 Å². The highest BCUT2D eigenvalue weighted by Crippen LogP contribution is 2.26. The van der Waals surface area contributed by atoms with Crippen LogP contribution in [0.25, 0.3) is 0 Å². The molecular formula is C14H12BrN3O3. The number of benzene rings is 2. The Kier molecular flexibility index (Phi) is 4.89. The van der Waals surface area contributed by atoms with Gasteiger partial charge < -0.3 is 4.74 Å². The van der Waals surface area contributed by atoms with Crippen LogP contribution in [0.3, 0.4) is 0 Å². The molecule has 0 bridgehead atoms. The minimum atomic E-state index is -0.488. The Hall–Kier alpha value is -2.41. The monoisotopic (exact) mass is 349 g/mol. The Morgan fingerprint density at radius 2 is 2.00 bits per heavy atom. The lowest BCUT2D eigenvalue weighted by Gasteiger charge is -2.02. The van der Waals surface area contributed by atoms with Gasteiger partial charge in [-0.25, -0.2) is 0 Å². The molecule has 0 atom stereocenters. The van der Waals surface area contributed by atoms with Crippen molar-refractivity contribution in [1.29, 1.82) is 0 Å². The van der Waals surface area contributed by atoms with E-state index >= 15 is 0 Å². The first kappa shape index (κ1) is 15.0. The molecule has 0 unspecified atom stereocenters. The van der Waals surface area contributed by atoms with Gasteiger partial charge in [0.05, 0.1) is 23.9 Å². The van der Waals surface area contributed by atoms with E-state index in [9.17, 15) is 10.1 Å². The zero-order valence-corrected chi connectivity index (χ0v) is 12.7. The van der Waals surface area contributed by atoms with Crippen LogP contribution in [-0.4, -0.2) is 18.2 Å². The first-order valence-electron chi connectivity index (χ1n) is 5.97. The first-order valence-corrected chi connectivity index (χ1v) is 6.76. The SMILES string of the molecule is COc1ccc(/C=N\Nc2ccc(Br)cc2)cc1[N+](=O)[O-].